The Morgan fingerprint density at radius 3 is 2.43 bits per heavy atom. The first-order valence-corrected chi connectivity index (χ1v) is 7.60. The van der Waals surface area contributed by atoms with Gasteiger partial charge in [-0.2, -0.15) is 0 Å². The monoisotopic (exact) mass is 289 g/mol. The third-order valence-corrected chi connectivity index (χ3v) is 3.83. The highest BCUT2D eigenvalue weighted by Gasteiger charge is 2.17. The van der Waals surface area contributed by atoms with Crippen LogP contribution < -0.4 is 4.74 Å². The standard InChI is InChI=1S/C17H23NO3/c1-13-7-8-15(14(2)19)16(11-13)21-12-17(20)18-9-5-3-4-6-10-18/h7-8,11H,3-6,9-10,12H2,1-2H3. The molecule has 1 fully saturated rings. The van der Waals surface area contributed by atoms with E-state index in [2.05, 4.69) is 0 Å². The van der Waals surface area contributed by atoms with E-state index in [9.17, 15) is 9.59 Å². The second-order valence-corrected chi connectivity index (χ2v) is 5.64. The van der Waals surface area contributed by atoms with Crippen LogP contribution in [0.25, 0.3) is 0 Å². The number of aryl methyl sites for hydroxylation is 1. The van der Waals surface area contributed by atoms with Gasteiger partial charge < -0.3 is 9.64 Å². The van der Waals surface area contributed by atoms with Gasteiger partial charge in [0.15, 0.2) is 12.4 Å². The molecule has 1 aliphatic heterocycles. The summed E-state index contributed by atoms with van der Waals surface area (Å²) in [5.74, 6) is 0.464. The first-order valence-electron chi connectivity index (χ1n) is 7.60. The van der Waals surface area contributed by atoms with E-state index in [4.69, 9.17) is 4.74 Å². The van der Waals surface area contributed by atoms with Crippen LogP contribution in [0.15, 0.2) is 18.2 Å². The highest BCUT2D eigenvalue weighted by molar-refractivity contribution is 5.97. The summed E-state index contributed by atoms with van der Waals surface area (Å²) in [4.78, 5) is 25.7. The molecule has 1 aromatic carbocycles. The van der Waals surface area contributed by atoms with Crippen LogP contribution in [0.2, 0.25) is 0 Å². The topological polar surface area (TPSA) is 46.6 Å². The maximum absolute atomic E-state index is 12.2. The van der Waals surface area contributed by atoms with Gasteiger partial charge >= 0.3 is 0 Å². The summed E-state index contributed by atoms with van der Waals surface area (Å²) in [6, 6.07) is 5.44. The van der Waals surface area contributed by atoms with E-state index < -0.39 is 0 Å². The van der Waals surface area contributed by atoms with Crippen molar-refractivity contribution in [2.75, 3.05) is 19.7 Å². The molecule has 0 saturated carbocycles. The number of rotatable bonds is 4. The minimum atomic E-state index is -0.0489. The van der Waals surface area contributed by atoms with E-state index in [1.807, 2.05) is 24.0 Å². The van der Waals surface area contributed by atoms with Crippen LogP contribution in [0.5, 0.6) is 5.75 Å². The molecule has 0 N–H and O–H groups in total. The molecule has 1 aromatic rings. The molecule has 2 rings (SSSR count). The molecule has 0 unspecified atom stereocenters. The molecule has 0 bridgehead atoms. The number of nitrogens with zero attached hydrogens (tertiary/aromatic N) is 1. The highest BCUT2D eigenvalue weighted by atomic mass is 16.5. The van der Waals surface area contributed by atoms with Crippen LogP contribution >= 0.6 is 0 Å². The molecular formula is C17H23NO3. The fourth-order valence-corrected chi connectivity index (χ4v) is 2.59. The molecule has 4 heteroatoms. The predicted molar refractivity (Wildman–Crippen MR) is 81.7 cm³/mol. The van der Waals surface area contributed by atoms with Gasteiger partial charge in [0.25, 0.3) is 5.91 Å². The fourth-order valence-electron chi connectivity index (χ4n) is 2.59. The number of ketones is 1. The zero-order valence-corrected chi connectivity index (χ0v) is 12.9. The van der Waals surface area contributed by atoms with Gasteiger partial charge in [0.05, 0.1) is 5.56 Å². The molecule has 0 spiro atoms. The third kappa shape index (κ3) is 4.31. The average molecular weight is 289 g/mol. The first-order chi connectivity index (χ1) is 10.1. The number of likely N-dealkylation sites (tertiary alicyclic amines) is 1. The fraction of sp³-hybridized carbons (Fsp3) is 0.529. The molecule has 21 heavy (non-hydrogen) atoms. The predicted octanol–water partition coefficient (Wildman–Crippen LogP) is 2.98. The summed E-state index contributed by atoms with van der Waals surface area (Å²) < 4.78 is 5.62. The third-order valence-electron chi connectivity index (χ3n) is 3.83. The number of benzene rings is 1. The maximum atomic E-state index is 12.2. The van der Waals surface area contributed by atoms with Crippen molar-refractivity contribution in [2.24, 2.45) is 0 Å². The minimum Gasteiger partial charge on any atom is -0.483 e. The van der Waals surface area contributed by atoms with E-state index in [0.717, 1.165) is 31.5 Å². The molecule has 1 saturated heterocycles. The average Bonchev–Trinajstić information content (AvgIpc) is 2.73. The summed E-state index contributed by atoms with van der Waals surface area (Å²) in [5, 5.41) is 0. The van der Waals surface area contributed by atoms with Crippen LogP contribution in [-0.4, -0.2) is 36.3 Å². The number of ether oxygens (including phenoxy) is 1. The van der Waals surface area contributed by atoms with E-state index in [1.54, 1.807) is 6.07 Å². The summed E-state index contributed by atoms with van der Waals surface area (Å²) in [6.07, 6.45) is 4.51. The van der Waals surface area contributed by atoms with Gasteiger partial charge in [-0.3, -0.25) is 9.59 Å². The largest absolute Gasteiger partial charge is 0.483 e. The van der Waals surface area contributed by atoms with Crippen LogP contribution in [0.3, 0.4) is 0 Å². The van der Waals surface area contributed by atoms with E-state index >= 15 is 0 Å². The van der Waals surface area contributed by atoms with Gasteiger partial charge in [-0.1, -0.05) is 18.9 Å². The zero-order valence-electron chi connectivity index (χ0n) is 12.9. The maximum Gasteiger partial charge on any atom is 0.260 e. The van der Waals surface area contributed by atoms with Crippen LogP contribution in [0.4, 0.5) is 0 Å². The van der Waals surface area contributed by atoms with Crippen molar-refractivity contribution in [1.82, 2.24) is 4.90 Å². The minimum absolute atomic E-state index is 0.00370. The summed E-state index contributed by atoms with van der Waals surface area (Å²) >= 11 is 0. The molecule has 0 radical (unpaired) electrons. The molecule has 1 aliphatic rings. The van der Waals surface area contributed by atoms with Crippen molar-refractivity contribution >= 4 is 11.7 Å². The summed E-state index contributed by atoms with van der Waals surface area (Å²) in [6.45, 7) is 5.08. The van der Waals surface area contributed by atoms with E-state index in [-0.39, 0.29) is 18.3 Å². The Hall–Kier alpha value is -1.84. The lowest BCUT2D eigenvalue weighted by molar-refractivity contribution is -0.133. The number of amides is 1. The van der Waals surface area contributed by atoms with E-state index in [0.29, 0.717) is 11.3 Å². The summed E-state index contributed by atoms with van der Waals surface area (Å²) in [7, 11) is 0. The van der Waals surface area contributed by atoms with Crippen LogP contribution in [-0.2, 0) is 4.79 Å². The molecule has 1 amide bonds. The van der Waals surface area contributed by atoms with Crippen molar-refractivity contribution in [2.45, 2.75) is 39.5 Å². The van der Waals surface area contributed by atoms with Gasteiger partial charge in [0.1, 0.15) is 5.75 Å². The smallest absolute Gasteiger partial charge is 0.260 e. The Morgan fingerprint density at radius 2 is 1.81 bits per heavy atom. The molecule has 114 valence electrons. The number of hydrogen-bond acceptors (Lipinski definition) is 3. The van der Waals surface area contributed by atoms with Crippen LogP contribution in [0, 0.1) is 6.92 Å². The SMILES string of the molecule is CC(=O)c1ccc(C)cc1OCC(=O)N1CCCCCC1. The van der Waals surface area contributed by atoms with Crippen molar-refractivity contribution < 1.29 is 14.3 Å². The first kappa shape index (κ1) is 15.5. The Morgan fingerprint density at radius 1 is 1.14 bits per heavy atom. The Balaban J connectivity index is 2.00. The Labute approximate surface area is 126 Å². The number of carbonyl (C=O) groups excluding carboxylic acids is 2. The van der Waals surface area contributed by atoms with Crippen molar-refractivity contribution in [3.63, 3.8) is 0 Å². The van der Waals surface area contributed by atoms with Crippen molar-refractivity contribution in [1.29, 1.82) is 0 Å². The molecule has 1 heterocycles. The van der Waals surface area contributed by atoms with Crippen molar-refractivity contribution in [3.05, 3.63) is 29.3 Å². The lowest BCUT2D eigenvalue weighted by Crippen LogP contribution is -2.35. The molecule has 0 aliphatic carbocycles. The van der Waals surface area contributed by atoms with Crippen molar-refractivity contribution in [3.8, 4) is 5.75 Å². The molecule has 4 nitrogen and oxygen atoms in total. The molecule has 0 atom stereocenters. The van der Waals surface area contributed by atoms with Crippen LogP contribution in [0.1, 0.15) is 48.5 Å². The van der Waals surface area contributed by atoms with Gasteiger partial charge in [0.2, 0.25) is 0 Å². The summed E-state index contributed by atoms with van der Waals surface area (Å²) in [5.41, 5.74) is 1.54. The molecular weight excluding hydrogens is 266 g/mol. The van der Waals surface area contributed by atoms with Gasteiger partial charge in [-0.05, 0) is 44.4 Å². The number of carbonyl (C=O) groups is 2. The molecule has 0 aromatic heterocycles. The Kier molecular flexibility index (Phi) is 5.37. The van der Waals surface area contributed by atoms with Gasteiger partial charge in [0, 0.05) is 13.1 Å². The lowest BCUT2D eigenvalue weighted by atomic mass is 10.1. The highest BCUT2D eigenvalue weighted by Crippen LogP contribution is 2.21. The number of hydrogen-bond donors (Lipinski definition) is 0. The normalized spacial score (nSPS) is 15.4. The second kappa shape index (κ2) is 7.25. The quantitative estimate of drug-likeness (QED) is 0.801. The number of Topliss-reactive ketones (excluding diaryl/α,β-unsaturated/α-hetero) is 1. The van der Waals surface area contributed by atoms with Gasteiger partial charge in [-0.15, -0.1) is 0 Å². The lowest BCUT2D eigenvalue weighted by Gasteiger charge is -2.20. The second-order valence-electron chi connectivity index (χ2n) is 5.64. The zero-order chi connectivity index (χ0) is 15.2. The van der Waals surface area contributed by atoms with Gasteiger partial charge in [-0.25, -0.2) is 0 Å². The Bertz CT molecular complexity index is 517. The van der Waals surface area contributed by atoms with E-state index in [1.165, 1.54) is 19.8 Å².